The van der Waals surface area contributed by atoms with Gasteiger partial charge in [-0.3, -0.25) is 35.1 Å². The number of nitro benzene ring substituents is 3. The lowest BCUT2D eigenvalue weighted by Crippen LogP contribution is -2.00. The highest BCUT2D eigenvalue weighted by Crippen LogP contribution is 2.46. The Kier molecular flexibility index (Phi) is 35.2. The van der Waals surface area contributed by atoms with Crippen LogP contribution in [0.5, 0.6) is 161 Å². The van der Waals surface area contributed by atoms with Crippen LogP contribution in [0.2, 0.25) is 0 Å². The topological polar surface area (TPSA) is 750 Å². The number of phenols is 28. The Morgan fingerprint density at radius 2 is 0.636 bits per heavy atom. The van der Waals surface area contributed by atoms with Gasteiger partial charge < -0.3 is 143 Å². The van der Waals surface area contributed by atoms with Crippen molar-refractivity contribution in [2.24, 2.45) is 0 Å². The Bertz CT molecular complexity index is 7150. The highest BCUT2D eigenvalue weighted by molar-refractivity contribution is 14.1. The van der Waals surface area contributed by atoms with E-state index in [0.717, 1.165) is 73.2 Å². The molecule has 0 radical (unpaired) electrons. The number of benzene rings is 14. The number of allylic oxidation sites excluding steroid dienone is 1. The summed E-state index contributed by atoms with van der Waals surface area (Å²) in [5.41, 5.74) is 5.72. The molecule has 0 fully saturated rings. The number of carbonyl (C=O) groups excluding carboxylic acids is 1. The number of aromatic nitrogens is 1. The van der Waals surface area contributed by atoms with E-state index in [-0.39, 0.29) is 185 Å². The van der Waals surface area contributed by atoms with Gasteiger partial charge in [0.15, 0.2) is 167 Å². The molecule has 0 saturated heterocycles. The Labute approximate surface area is 821 Å². The maximum Gasteiger partial charge on any atom is 0.276 e. The van der Waals surface area contributed by atoms with E-state index in [1.54, 1.807) is 30.5 Å². The molecule has 44 heteroatoms. The zero-order valence-electron chi connectivity index (χ0n) is 71.1. The van der Waals surface area contributed by atoms with Gasteiger partial charge in [0.2, 0.25) is 0 Å². The van der Waals surface area contributed by atoms with Crippen molar-refractivity contribution in [2.75, 3.05) is 0 Å². The van der Waals surface area contributed by atoms with Crippen molar-refractivity contribution in [2.45, 2.75) is 32.1 Å². The zero-order chi connectivity index (χ0) is 103. The van der Waals surface area contributed by atoms with Crippen LogP contribution in [0.4, 0.5) is 17.1 Å². The number of hydrogen-bond donors (Lipinski definition) is 28. The van der Waals surface area contributed by atoms with Gasteiger partial charge in [0.05, 0.1) is 49.5 Å². The van der Waals surface area contributed by atoms with Crippen LogP contribution in [0.25, 0.3) is 27.1 Å². The van der Waals surface area contributed by atoms with Gasteiger partial charge in [-0.15, -0.1) is 11.3 Å². The predicted octanol–water partition coefficient (Wildman–Crippen LogP) is 17.9. The number of carbonyl (C=O) groups is 1. The summed E-state index contributed by atoms with van der Waals surface area (Å²) in [6, 6.07) is 48.1. The lowest BCUT2D eigenvalue weighted by molar-refractivity contribution is -0.386. The molecule has 0 saturated carbocycles. The van der Waals surface area contributed by atoms with Crippen LogP contribution in [0.3, 0.4) is 0 Å². The van der Waals surface area contributed by atoms with E-state index in [9.17, 15) is 168 Å². The summed E-state index contributed by atoms with van der Waals surface area (Å²) in [5.74, 6) is -9.27. The third-order valence-corrected chi connectivity index (χ3v) is 23.1. The van der Waals surface area contributed by atoms with Crippen molar-refractivity contribution in [3.05, 3.63) is 340 Å². The second-order valence-electron chi connectivity index (χ2n) is 29.5. The molecule has 0 aliphatic heterocycles. The standard InChI is InChI=1S/C15H10BrNO4S.C15H12O5.C14H11NO4.C13H11BrO4.C13H11IO4.C13H10N2O8.C13H11NO6/c16-9-5-13(21)12(20)4-8(9)14-6-17-15(22-14)7-1-2-10(18)11(19)3-7;16-11(10-3-6-13(18)15(20)8-10)4-1-9-2-5-12(17)14(19)7-9;15-7-10-6-14(19)13(18)5-9(10)3-8-1-2-11(16)12(17)4-8;2*14-9-6-13(18)12(17)5-8(9)3-7-1-2-10(15)11(16)4-7;16-10-2-6(8(14(20)21)4-12(10)18)1-7-3-11(17)13(19)5-9(7)15(22)23;15-10-2-1-7(4-11(10)16)3-8-5-12(17)13(18)6-9(8)14(19)20/h1-6,18-21H;1-8,17-20H;1-2,4-6,16-19H,3H2;2*1-2,4-6,15-18H,3H2;2-5,16-19H,1H2;1-2,4-6,15-18H,3H2/b;4-1+;;;;;. The quantitative estimate of drug-likeness (QED) is 0.00947. The second kappa shape index (κ2) is 46.7. The molecule has 0 unspecified atom stereocenters. The van der Waals surface area contributed by atoms with Crippen LogP contribution in [0, 0.1) is 45.2 Å². The molecule has 0 spiro atoms. The van der Waals surface area contributed by atoms with Gasteiger partial charge in [0.1, 0.15) is 5.01 Å². The monoisotopic (exact) mass is 2180 g/mol. The number of phenolic OH excluding ortho intramolecular Hbond substituents is 28. The van der Waals surface area contributed by atoms with Crippen LogP contribution in [-0.4, -0.2) is 169 Å². The summed E-state index contributed by atoms with van der Waals surface area (Å²) in [6.45, 7) is 0. The molecule has 15 aromatic rings. The second-order valence-corrected chi connectivity index (χ2v) is 33.4. The minimum absolute atomic E-state index is 0.0536. The molecule has 0 bridgehead atoms. The van der Waals surface area contributed by atoms with E-state index < -0.39 is 60.6 Å². The van der Waals surface area contributed by atoms with Crippen molar-refractivity contribution < 1.29 is 163 Å². The van der Waals surface area contributed by atoms with Gasteiger partial charge in [0.25, 0.3) is 17.1 Å². The summed E-state index contributed by atoms with van der Waals surface area (Å²) in [6.07, 6.45) is 5.25. The number of ketones is 1. The number of nitro groups is 3. The third kappa shape index (κ3) is 28.3. The largest absolute Gasteiger partial charge is 0.504 e. The van der Waals surface area contributed by atoms with Crippen LogP contribution in [0.15, 0.2) is 234 Å². The highest BCUT2D eigenvalue weighted by Gasteiger charge is 2.26. The maximum absolute atomic E-state index is 11.8. The maximum atomic E-state index is 11.8. The summed E-state index contributed by atoms with van der Waals surface area (Å²) < 4.78 is 2.10. The lowest BCUT2D eigenvalue weighted by Gasteiger charge is -2.08. The predicted molar refractivity (Wildman–Crippen MR) is 517 cm³/mol. The number of rotatable bonds is 18. The van der Waals surface area contributed by atoms with E-state index in [1.165, 1.54) is 169 Å². The molecule has 15 rings (SSSR count). The Morgan fingerprint density at radius 1 is 0.329 bits per heavy atom. The van der Waals surface area contributed by atoms with Crippen LogP contribution in [0.1, 0.15) is 77.1 Å². The van der Waals surface area contributed by atoms with Gasteiger partial charge in [-0.05, 0) is 266 Å². The molecular formula is C96H76Br2IN5O35S. The molecule has 0 amide bonds. The average Bonchev–Trinajstić information content (AvgIpc) is 1.23. The smallest absolute Gasteiger partial charge is 0.276 e. The number of halogens is 3. The zero-order valence-corrected chi connectivity index (χ0v) is 77.3. The van der Waals surface area contributed by atoms with E-state index in [2.05, 4.69) is 59.4 Å². The van der Waals surface area contributed by atoms with E-state index in [0.29, 0.717) is 60.2 Å². The molecule has 722 valence electrons. The van der Waals surface area contributed by atoms with E-state index >= 15 is 0 Å². The molecule has 0 aliphatic rings. The first-order valence-corrected chi connectivity index (χ1v) is 42.9. The third-order valence-electron chi connectivity index (χ3n) is 19.6. The minimum Gasteiger partial charge on any atom is -0.504 e. The van der Waals surface area contributed by atoms with Gasteiger partial charge >= 0.3 is 0 Å². The summed E-state index contributed by atoms with van der Waals surface area (Å²) >= 11 is 10.0. The summed E-state index contributed by atoms with van der Waals surface area (Å²) in [4.78, 5) is 47.5. The van der Waals surface area contributed by atoms with Crippen molar-refractivity contribution in [1.82, 2.24) is 4.98 Å². The molecule has 0 aliphatic carbocycles. The fourth-order valence-electron chi connectivity index (χ4n) is 12.4. The molecule has 140 heavy (non-hydrogen) atoms. The summed E-state index contributed by atoms with van der Waals surface area (Å²) in [7, 11) is 0. The highest BCUT2D eigenvalue weighted by atomic mass is 127. The van der Waals surface area contributed by atoms with Gasteiger partial charge in [-0.2, -0.15) is 5.26 Å². The van der Waals surface area contributed by atoms with Crippen molar-refractivity contribution >= 4 is 94.7 Å². The first kappa shape index (κ1) is 106. The first-order chi connectivity index (χ1) is 65.9. The summed E-state index contributed by atoms with van der Waals surface area (Å²) in [5, 5.41) is 305. The number of hydrogen-bond acceptors (Lipinski definition) is 38. The molecule has 40 nitrogen and oxygen atoms in total. The minimum atomic E-state index is -0.819. The molecular weight excluding hydrogens is 2100 g/mol. The van der Waals surface area contributed by atoms with E-state index in [1.807, 2.05) is 6.07 Å². The normalized spacial score (nSPS) is 10.5. The van der Waals surface area contributed by atoms with Gasteiger partial charge in [-0.1, -0.05) is 52.3 Å². The SMILES string of the molecule is N#Cc1cc(O)c(O)cc1Cc1ccc(O)c(O)c1.O=C(/C=C/c1ccc(O)c(O)c1)c1ccc(O)c(O)c1.O=[N+]([O-])c1cc(O)c(O)cc1Cc1cc(O)c(O)cc1[N+](=O)[O-].O=[N+]([O-])c1cc(O)c(O)cc1Cc1ccc(O)c(O)c1.Oc1ccc(-c2ncc(-c3cc(O)c(O)cc3Br)s2)cc1O.Oc1ccc(Cc2cc(O)c(O)cc2Br)cc1O.Oc1ccc(Cc2cc(O)c(O)cc2I)cc1O. The van der Waals surface area contributed by atoms with E-state index in [4.69, 9.17) is 15.5 Å². The Morgan fingerprint density at radius 3 is 1.04 bits per heavy atom. The van der Waals surface area contributed by atoms with Crippen LogP contribution < -0.4 is 0 Å². The Hall–Kier alpha value is -18.1. The Balaban J connectivity index is 0.000000183. The first-order valence-electron chi connectivity index (χ1n) is 39.4. The van der Waals surface area contributed by atoms with Crippen LogP contribution >= 0.6 is 65.8 Å². The van der Waals surface area contributed by atoms with Crippen molar-refractivity contribution in [3.63, 3.8) is 0 Å². The van der Waals surface area contributed by atoms with Crippen molar-refractivity contribution in [1.29, 1.82) is 5.26 Å². The lowest BCUT2D eigenvalue weighted by atomic mass is 9.99. The molecule has 28 N–H and O–H groups in total. The van der Waals surface area contributed by atoms with Gasteiger partial charge in [0, 0.05) is 71.0 Å². The number of nitrogens with zero attached hydrogens (tertiary/aromatic N) is 5. The fourth-order valence-corrected chi connectivity index (χ4v) is 15.1. The number of aromatic hydroxyl groups is 28. The molecule has 1 aromatic heterocycles. The number of thiazole rings is 1. The van der Waals surface area contributed by atoms with Crippen LogP contribution in [-0.2, 0) is 32.1 Å². The van der Waals surface area contributed by atoms with Gasteiger partial charge in [-0.25, -0.2) is 4.98 Å². The fraction of sp³-hybridized carbons (Fsp3) is 0.0521. The molecule has 1 heterocycles. The average molecular weight is 2180 g/mol. The van der Waals surface area contributed by atoms with Crippen molar-refractivity contribution in [3.8, 4) is 188 Å². The molecule has 14 aromatic carbocycles. The number of nitriles is 1. The molecule has 0 atom stereocenters.